The minimum absolute atomic E-state index is 0.119. The topological polar surface area (TPSA) is 93.5 Å². The Labute approximate surface area is 128 Å². The van der Waals surface area contributed by atoms with E-state index in [0.29, 0.717) is 0 Å². The Hall–Kier alpha value is -2.35. The third-order valence-electron chi connectivity index (χ3n) is 2.63. The number of amides is 1. The average molecular weight is 354 g/mol. The predicted octanol–water partition coefficient (Wildman–Crippen LogP) is 2.63. The van der Waals surface area contributed by atoms with Crippen LogP contribution in [0.5, 0.6) is 0 Å². The van der Waals surface area contributed by atoms with Gasteiger partial charge in [-0.1, -0.05) is 30.3 Å². The summed E-state index contributed by atoms with van der Waals surface area (Å²) in [5, 5.41) is 15.2. The van der Waals surface area contributed by atoms with Crippen LogP contribution < -0.4 is 5.32 Å². The Bertz CT molecular complexity index is 670. The number of anilines is 1. The molecule has 2 rings (SSSR count). The van der Waals surface area contributed by atoms with Crippen molar-refractivity contribution in [2.75, 3.05) is 5.32 Å². The lowest BCUT2D eigenvalue weighted by Crippen LogP contribution is -2.16. The van der Waals surface area contributed by atoms with Crippen LogP contribution in [0, 0.1) is 0 Å². The van der Waals surface area contributed by atoms with Gasteiger partial charge < -0.3 is 9.84 Å². The largest absolute Gasteiger partial charge is 0.476 e. The van der Waals surface area contributed by atoms with Crippen molar-refractivity contribution in [3.05, 3.63) is 46.1 Å². The van der Waals surface area contributed by atoms with E-state index in [0.717, 1.165) is 5.56 Å². The summed E-state index contributed by atoms with van der Waals surface area (Å²) >= 11 is 3.09. The molecule has 0 aliphatic carbocycles. The fraction of sp³-hybridized carbons (Fsp3) is 0.154. The molecule has 0 bridgehead atoms. The van der Waals surface area contributed by atoms with Crippen molar-refractivity contribution >= 4 is 33.8 Å². The predicted molar refractivity (Wildman–Crippen MR) is 78.1 cm³/mol. The summed E-state index contributed by atoms with van der Waals surface area (Å²) in [6, 6.07) is 9.20. The number of aromatic carboxylic acids is 1. The normalized spacial score (nSPS) is 10.2. The number of halogens is 1. The summed E-state index contributed by atoms with van der Waals surface area (Å²) in [6.45, 7) is 0.119. The minimum Gasteiger partial charge on any atom is -0.476 e. The number of carboxylic acids is 1. The summed E-state index contributed by atoms with van der Waals surface area (Å²) in [5.74, 6) is -0.978. The summed E-state index contributed by atoms with van der Waals surface area (Å²) in [4.78, 5) is 22.7. The van der Waals surface area contributed by atoms with Crippen LogP contribution in [0.4, 0.5) is 10.6 Å². The number of aryl methyl sites for hydroxylation is 1. The van der Waals surface area contributed by atoms with Gasteiger partial charge in [-0.15, -0.1) is 0 Å². The maximum Gasteiger partial charge on any atom is 0.413 e. The van der Waals surface area contributed by atoms with Crippen LogP contribution in [-0.4, -0.2) is 26.9 Å². The second-order valence-electron chi connectivity index (χ2n) is 4.13. The highest BCUT2D eigenvalue weighted by Gasteiger charge is 2.21. The molecule has 0 spiro atoms. The van der Waals surface area contributed by atoms with Crippen molar-refractivity contribution in [3.63, 3.8) is 0 Å². The number of hydrogen-bond donors (Lipinski definition) is 2. The van der Waals surface area contributed by atoms with Crippen LogP contribution in [0.15, 0.2) is 34.8 Å². The van der Waals surface area contributed by atoms with Gasteiger partial charge in [0.1, 0.15) is 12.4 Å². The molecule has 110 valence electrons. The molecule has 0 aliphatic heterocycles. The Morgan fingerprint density at radius 1 is 1.38 bits per heavy atom. The SMILES string of the molecule is Cn1nc(C(=O)O)c(Br)c1NC(=O)OCc1ccccc1. The van der Waals surface area contributed by atoms with Crippen molar-refractivity contribution in [3.8, 4) is 0 Å². The summed E-state index contributed by atoms with van der Waals surface area (Å²) in [6.07, 6.45) is -0.695. The van der Waals surface area contributed by atoms with Gasteiger partial charge in [0.2, 0.25) is 0 Å². The van der Waals surface area contributed by atoms with Crippen LogP contribution in [-0.2, 0) is 18.4 Å². The molecule has 1 heterocycles. The highest BCUT2D eigenvalue weighted by molar-refractivity contribution is 9.10. The highest BCUT2D eigenvalue weighted by atomic mass is 79.9. The first-order valence-electron chi connectivity index (χ1n) is 5.92. The van der Waals surface area contributed by atoms with Gasteiger partial charge in [0.05, 0.1) is 4.47 Å². The maximum atomic E-state index is 11.7. The first kappa shape index (κ1) is 15.0. The second-order valence-corrected chi connectivity index (χ2v) is 4.92. The Morgan fingerprint density at radius 3 is 2.62 bits per heavy atom. The van der Waals surface area contributed by atoms with Crippen molar-refractivity contribution < 1.29 is 19.4 Å². The quantitative estimate of drug-likeness (QED) is 0.880. The van der Waals surface area contributed by atoms with Gasteiger partial charge in [-0.3, -0.25) is 10.00 Å². The molecule has 0 atom stereocenters. The van der Waals surface area contributed by atoms with E-state index in [4.69, 9.17) is 9.84 Å². The molecular formula is C13H12BrN3O4. The number of carbonyl (C=O) groups excluding carboxylic acids is 1. The molecule has 0 saturated carbocycles. The summed E-state index contributed by atoms with van der Waals surface area (Å²) in [5.41, 5.74) is 0.666. The summed E-state index contributed by atoms with van der Waals surface area (Å²) in [7, 11) is 1.52. The number of carboxylic acid groups (broad SMARTS) is 1. The van der Waals surface area contributed by atoms with Crippen LogP contribution in [0.25, 0.3) is 0 Å². The van der Waals surface area contributed by atoms with Gasteiger partial charge in [-0.25, -0.2) is 9.59 Å². The summed E-state index contributed by atoms with van der Waals surface area (Å²) < 4.78 is 6.49. The molecule has 0 unspecified atom stereocenters. The molecule has 21 heavy (non-hydrogen) atoms. The smallest absolute Gasteiger partial charge is 0.413 e. The third kappa shape index (κ3) is 3.60. The van der Waals surface area contributed by atoms with Crippen molar-refractivity contribution in [1.82, 2.24) is 9.78 Å². The van der Waals surface area contributed by atoms with E-state index in [2.05, 4.69) is 26.3 Å². The monoisotopic (exact) mass is 353 g/mol. The molecular weight excluding hydrogens is 342 g/mol. The second kappa shape index (κ2) is 6.40. The number of carbonyl (C=O) groups is 2. The molecule has 0 aliphatic rings. The number of ether oxygens (including phenoxy) is 1. The Kier molecular flexibility index (Phi) is 4.59. The van der Waals surface area contributed by atoms with E-state index >= 15 is 0 Å². The number of hydrogen-bond acceptors (Lipinski definition) is 4. The first-order chi connectivity index (χ1) is 9.99. The molecule has 1 amide bonds. The molecule has 7 nitrogen and oxygen atoms in total. The average Bonchev–Trinajstić information content (AvgIpc) is 2.74. The van der Waals surface area contributed by atoms with Gasteiger partial charge in [0.25, 0.3) is 0 Å². The van der Waals surface area contributed by atoms with Crippen LogP contribution in [0.2, 0.25) is 0 Å². The Morgan fingerprint density at radius 2 is 2.05 bits per heavy atom. The molecule has 2 N–H and O–H groups in total. The van der Waals surface area contributed by atoms with Gasteiger partial charge in [-0.2, -0.15) is 5.10 Å². The lowest BCUT2D eigenvalue weighted by atomic mass is 10.2. The molecule has 0 radical (unpaired) electrons. The number of nitrogens with one attached hydrogen (secondary N) is 1. The van der Waals surface area contributed by atoms with E-state index in [1.165, 1.54) is 11.7 Å². The zero-order valence-corrected chi connectivity index (χ0v) is 12.6. The van der Waals surface area contributed by atoms with E-state index in [-0.39, 0.29) is 22.6 Å². The molecule has 1 aromatic heterocycles. The molecule has 0 fully saturated rings. The minimum atomic E-state index is -1.19. The zero-order chi connectivity index (χ0) is 15.4. The molecule has 1 aromatic carbocycles. The molecule has 0 saturated heterocycles. The molecule has 8 heteroatoms. The van der Waals surface area contributed by atoms with Crippen LogP contribution >= 0.6 is 15.9 Å². The first-order valence-corrected chi connectivity index (χ1v) is 6.72. The van der Waals surface area contributed by atoms with E-state index in [9.17, 15) is 9.59 Å². The van der Waals surface area contributed by atoms with E-state index in [1.807, 2.05) is 30.3 Å². The number of nitrogens with zero attached hydrogens (tertiary/aromatic N) is 2. The van der Waals surface area contributed by atoms with Gasteiger partial charge in [0, 0.05) is 7.05 Å². The lowest BCUT2D eigenvalue weighted by molar-refractivity contribution is 0.0688. The zero-order valence-electron chi connectivity index (χ0n) is 11.0. The number of benzene rings is 1. The maximum absolute atomic E-state index is 11.7. The van der Waals surface area contributed by atoms with E-state index in [1.54, 1.807) is 0 Å². The van der Waals surface area contributed by atoms with Crippen LogP contribution in [0.1, 0.15) is 16.1 Å². The third-order valence-corrected chi connectivity index (χ3v) is 3.38. The lowest BCUT2D eigenvalue weighted by Gasteiger charge is -2.07. The highest BCUT2D eigenvalue weighted by Crippen LogP contribution is 2.26. The van der Waals surface area contributed by atoms with Gasteiger partial charge in [0.15, 0.2) is 5.69 Å². The molecule has 2 aromatic rings. The fourth-order valence-electron chi connectivity index (χ4n) is 1.63. The van der Waals surface area contributed by atoms with Crippen molar-refractivity contribution in [2.24, 2.45) is 7.05 Å². The van der Waals surface area contributed by atoms with E-state index < -0.39 is 12.1 Å². The number of aromatic nitrogens is 2. The number of rotatable bonds is 4. The van der Waals surface area contributed by atoms with Crippen molar-refractivity contribution in [2.45, 2.75) is 6.61 Å². The van der Waals surface area contributed by atoms with Crippen LogP contribution in [0.3, 0.4) is 0 Å². The fourth-order valence-corrected chi connectivity index (χ4v) is 2.23. The van der Waals surface area contributed by atoms with Gasteiger partial charge >= 0.3 is 12.1 Å². The van der Waals surface area contributed by atoms with Crippen molar-refractivity contribution in [1.29, 1.82) is 0 Å². The Balaban J connectivity index is 2.02. The van der Waals surface area contributed by atoms with Gasteiger partial charge in [-0.05, 0) is 21.5 Å². The standard InChI is InChI=1S/C13H12BrN3O4/c1-17-11(9(14)10(16-17)12(18)19)15-13(20)21-7-8-5-3-2-4-6-8/h2-6H,7H2,1H3,(H,15,20)(H,18,19).